The van der Waals surface area contributed by atoms with Gasteiger partial charge in [0.15, 0.2) is 5.58 Å². The van der Waals surface area contributed by atoms with Crippen molar-refractivity contribution in [2.45, 2.75) is 0 Å². The van der Waals surface area contributed by atoms with Gasteiger partial charge in [-0.2, -0.15) is 4.98 Å². The molecule has 0 fully saturated rings. The van der Waals surface area contributed by atoms with Gasteiger partial charge in [0, 0.05) is 11.2 Å². The van der Waals surface area contributed by atoms with Crippen molar-refractivity contribution in [3.05, 3.63) is 41.3 Å². The van der Waals surface area contributed by atoms with Crippen molar-refractivity contribution < 1.29 is 9.21 Å². The van der Waals surface area contributed by atoms with Crippen LogP contribution in [0, 0.1) is 0 Å². The number of nitrogens with one attached hydrogen (secondary N) is 2. The number of fused-ring (bicyclic) bond motifs is 2. The molecular weight excluding hydrogens is 320 g/mol. The highest BCUT2D eigenvalue weighted by Crippen LogP contribution is 2.24. The SMILES string of the molecule is Nc1ncnc2[nH]cc(C(=O)Nc3nc4cc(Cl)ccc4o3)c12. The third-order valence-corrected chi connectivity index (χ3v) is 3.55. The van der Waals surface area contributed by atoms with Gasteiger partial charge in [-0.3, -0.25) is 10.1 Å². The first-order valence-electron chi connectivity index (χ1n) is 6.57. The van der Waals surface area contributed by atoms with Gasteiger partial charge in [0.05, 0.1) is 10.9 Å². The van der Waals surface area contributed by atoms with E-state index in [9.17, 15) is 4.79 Å². The maximum atomic E-state index is 12.4. The summed E-state index contributed by atoms with van der Waals surface area (Å²) >= 11 is 5.90. The Hall–Kier alpha value is -3.13. The molecule has 4 rings (SSSR count). The smallest absolute Gasteiger partial charge is 0.302 e. The molecule has 0 radical (unpaired) electrons. The summed E-state index contributed by atoms with van der Waals surface area (Å²) in [5, 5.41) is 3.56. The number of rotatable bonds is 2. The molecule has 0 saturated carbocycles. The second-order valence-corrected chi connectivity index (χ2v) is 5.21. The number of aromatic nitrogens is 4. The van der Waals surface area contributed by atoms with Crippen molar-refractivity contribution in [1.29, 1.82) is 0 Å². The number of carbonyl (C=O) groups is 1. The second-order valence-electron chi connectivity index (χ2n) is 4.77. The summed E-state index contributed by atoms with van der Waals surface area (Å²) < 4.78 is 5.46. The van der Waals surface area contributed by atoms with E-state index < -0.39 is 5.91 Å². The number of H-pyrrole nitrogens is 1. The number of aromatic amines is 1. The maximum absolute atomic E-state index is 12.4. The Morgan fingerprint density at radius 1 is 1.35 bits per heavy atom. The average Bonchev–Trinajstić information content (AvgIpc) is 3.11. The van der Waals surface area contributed by atoms with Gasteiger partial charge in [-0.1, -0.05) is 11.6 Å². The Morgan fingerprint density at radius 2 is 2.22 bits per heavy atom. The van der Waals surface area contributed by atoms with E-state index in [1.54, 1.807) is 18.2 Å². The fourth-order valence-corrected chi connectivity index (χ4v) is 2.45. The predicted octanol–water partition coefficient (Wildman–Crippen LogP) is 2.59. The lowest BCUT2D eigenvalue weighted by Crippen LogP contribution is -2.12. The van der Waals surface area contributed by atoms with Crippen LogP contribution in [0.15, 0.2) is 35.1 Å². The Balaban J connectivity index is 1.70. The third kappa shape index (κ3) is 2.25. The summed E-state index contributed by atoms with van der Waals surface area (Å²) in [6.45, 7) is 0. The molecule has 0 unspecified atom stereocenters. The molecule has 1 aromatic carbocycles. The minimum atomic E-state index is -0.435. The van der Waals surface area contributed by atoms with Crippen LogP contribution in [0.25, 0.3) is 22.1 Å². The van der Waals surface area contributed by atoms with Crippen LogP contribution in [0.1, 0.15) is 10.4 Å². The standard InChI is InChI=1S/C14H9ClN6O2/c15-6-1-2-9-8(3-6)20-14(23-9)21-13(22)7-4-17-12-10(7)11(16)18-5-19-12/h1-5H,(H,20,21,22)(H3,16,17,18,19). The van der Waals surface area contributed by atoms with Crippen molar-refractivity contribution >= 4 is 51.5 Å². The van der Waals surface area contributed by atoms with E-state index >= 15 is 0 Å². The molecule has 0 spiro atoms. The van der Waals surface area contributed by atoms with Gasteiger partial charge in [0.1, 0.15) is 23.3 Å². The van der Waals surface area contributed by atoms with Gasteiger partial charge in [-0.15, -0.1) is 0 Å². The number of anilines is 2. The van der Waals surface area contributed by atoms with Crippen molar-refractivity contribution in [2.24, 2.45) is 0 Å². The Bertz CT molecular complexity index is 1050. The quantitative estimate of drug-likeness (QED) is 0.519. The highest BCUT2D eigenvalue weighted by molar-refractivity contribution is 6.31. The molecule has 4 aromatic rings. The Labute approximate surface area is 133 Å². The zero-order valence-corrected chi connectivity index (χ0v) is 12.3. The number of carbonyl (C=O) groups excluding carboxylic acids is 1. The molecule has 0 saturated heterocycles. The Kier molecular flexibility index (Phi) is 2.91. The summed E-state index contributed by atoms with van der Waals surface area (Å²) in [5.74, 6) is -0.221. The van der Waals surface area contributed by atoms with E-state index in [2.05, 4.69) is 25.3 Å². The first kappa shape index (κ1) is 13.5. The number of halogens is 1. The maximum Gasteiger partial charge on any atom is 0.302 e. The molecule has 9 heteroatoms. The van der Waals surface area contributed by atoms with Crippen molar-refractivity contribution in [2.75, 3.05) is 11.1 Å². The van der Waals surface area contributed by atoms with Gasteiger partial charge in [-0.25, -0.2) is 9.97 Å². The van der Waals surface area contributed by atoms with Crippen LogP contribution in [0.4, 0.5) is 11.8 Å². The molecule has 114 valence electrons. The van der Waals surface area contributed by atoms with E-state index in [0.29, 0.717) is 32.7 Å². The monoisotopic (exact) mass is 328 g/mol. The number of oxazole rings is 1. The lowest BCUT2D eigenvalue weighted by Gasteiger charge is -2.00. The van der Waals surface area contributed by atoms with Gasteiger partial charge in [0.25, 0.3) is 5.91 Å². The summed E-state index contributed by atoms with van der Waals surface area (Å²) in [6, 6.07) is 5.07. The molecule has 4 N–H and O–H groups in total. The zero-order valence-electron chi connectivity index (χ0n) is 11.5. The van der Waals surface area contributed by atoms with Crippen LogP contribution in [-0.2, 0) is 0 Å². The van der Waals surface area contributed by atoms with Crippen LogP contribution >= 0.6 is 11.6 Å². The molecule has 3 aromatic heterocycles. The lowest BCUT2D eigenvalue weighted by molar-refractivity contribution is 0.102. The second kappa shape index (κ2) is 4.96. The van der Waals surface area contributed by atoms with Crippen LogP contribution in [0.2, 0.25) is 5.02 Å². The van der Waals surface area contributed by atoms with E-state index in [-0.39, 0.29) is 11.8 Å². The molecule has 0 aliphatic rings. The summed E-state index contributed by atoms with van der Waals surface area (Å²) in [6.07, 6.45) is 2.82. The molecule has 3 heterocycles. The predicted molar refractivity (Wildman–Crippen MR) is 85.3 cm³/mol. The number of amides is 1. The topological polar surface area (TPSA) is 123 Å². The Morgan fingerprint density at radius 3 is 3.09 bits per heavy atom. The highest BCUT2D eigenvalue weighted by atomic mass is 35.5. The van der Waals surface area contributed by atoms with Gasteiger partial charge in [-0.05, 0) is 18.2 Å². The first-order valence-corrected chi connectivity index (χ1v) is 6.94. The molecule has 8 nitrogen and oxygen atoms in total. The zero-order chi connectivity index (χ0) is 16.0. The summed E-state index contributed by atoms with van der Waals surface area (Å²) in [5.41, 5.74) is 7.66. The van der Waals surface area contributed by atoms with Gasteiger partial charge < -0.3 is 15.1 Å². The molecule has 0 atom stereocenters. The van der Waals surface area contributed by atoms with Crippen LogP contribution in [0.3, 0.4) is 0 Å². The van der Waals surface area contributed by atoms with Crippen molar-refractivity contribution in [1.82, 2.24) is 19.9 Å². The number of benzene rings is 1. The van der Waals surface area contributed by atoms with Crippen LogP contribution < -0.4 is 11.1 Å². The largest absolute Gasteiger partial charge is 0.423 e. The molecular formula is C14H9ClN6O2. The number of nitrogens with zero attached hydrogens (tertiary/aromatic N) is 3. The van der Waals surface area contributed by atoms with Crippen molar-refractivity contribution in [3.8, 4) is 0 Å². The molecule has 0 aliphatic carbocycles. The third-order valence-electron chi connectivity index (χ3n) is 3.31. The first-order chi connectivity index (χ1) is 11.1. The molecule has 23 heavy (non-hydrogen) atoms. The van der Waals surface area contributed by atoms with Crippen molar-refractivity contribution in [3.63, 3.8) is 0 Å². The summed E-state index contributed by atoms with van der Waals surface area (Å²) in [4.78, 5) is 27.4. The number of nitrogen functional groups attached to an aromatic ring is 1. The van der Waals surface area contributed by atoms with E-state index in [1.165, 1.54) is 12.5 Å². The fourth-order valence-electron chi connectivity index (χ4n) is 2.28. The fraction of sp³-hybridized carbons (Fsp3) is 0. The number of nitrogens with two attached hydrogens (primary N) is 1. The lowest BCUT2D eigenvalue weighted by atomic mass is 10.2. The van der Waals surface area contributed by atoms with Crippen LogP contribution in [0.5, 0.6) is 0 Å². The molecule has 0 aliphatic heterocycles. The normalized spacial score (nSPS) is 11.2. The van der Waals surface area contributed by atoms with Gasteiger partial charge in [0.2, 0.25) is 0 Å². The molecule has 0 bridgehead atoms. The number of hydrogen-bond acceptors (Lipinski definition) is 6. The van der Waals surface area contributed by atoms with Crippen LogP contribution in [-0.4, -0.2) is 25.8 Å². The summed E-state index contributed by atoms with van der Waals surface area (Å²) in [7, 11) is 0. The average molecular weight is 329 g/mol. The van der Waals surface area contributed by atoms with E-state index in [1.807, 2.05) is 0 Å². The highest BCUT2D eigenvalue weighted by Gasteiger charge is 2.18. The van der Waals surface area contributed by atoms with Gasteiger partial charge >= 0.3 is 6.01 Å². The molecule has 1 amide bonds. The number of hydrogen-bond donors (Lipinski definition) is 3. The van der Waals surface area contributed by atoms with E-state index in [0.717, 1.165) is 0 Å². The van der Waals surface area contributed by atoms with E-state index in [4.69, 9.17) is 21.8 Å². The minimum absolute atomic E-state index is 0.0667. The minimum Gasteiger partial charge on any atom is -0.423 e.